The average Bonchev–Trinajstić information content (AvgIpc) is 3.10. The van der Waals surface area contributed by atoms with Crippen molar-refractivity contribution in [3.05, 3.63) is 42.2 Å². The molecule has 10 heteroatoms. The largest absolute Gasteiger partial charge is 0.477 e. The molecule has 0 radical (unpaired) electrons. The van der Waals surface area contributed by atoms with Gasteiger partial charge in [0, 0.05) is 31.0 Å². The van der Waals surface area contributed by atoms with Crippen LogP contribution in [0.15, 0.2) is 36.7 Å². The van der Waals surface area contributed by atoms with Gasteiger partial charge in [-0.05, 0) is 24.3 Å². The quantitative estimate of drug-likeness (QED) is 0.879. The van der Waals surface area contributed by atoms with Crippen molar-refractivity contribution in [3.63, 3.8) is 0 Å². The van der Waals surface area contributed by atoms with Gasteiger partial charge in [-0.2, -0.15) is 13.2 Å². The number of hydrogen-bond acceptors (Lipinski definition) is 5. The van der Waals surface area contributed by atoms with E-state index in [2.05, 4.69) is 15.3 Å². The summed E-state index contributed by atoms with van der Waals surface area (Å²) in [5, 5.41) is 2.58. The van der Waals surface area contributed by atoms with Crippen LogP contribution in [-0.4, -0.2) is 47.2 Å². The van der Waals surface area contributed by atoms with Crippen LogP contribution in [0.1, 0.15) is 12.0 Å². The number of ether oxygens (including phenoxy) is 2. The Bertz CT molecular complexity index is 799. The van der Waals surface area contributed by atoms with E-state index in [1.807, 2.05) is 0 Å². The molecule has 1 atom stereocenters. The second kappa shape index (κ2) is 7.68. The minimum absolute atomic E-state index is 0.245. The van der Waals surface area contributed by atoms with Gasteiger partial charge in [-0.3, -0.25) is 0 Å². The highest BCUT2D eigenvalue weighted by atomic mass is 19.4. The Labute approximate surface area is 153 Å². The van der Waals surface area contributed by atoms with Gasteiger partial charge < -0.3 is 19.7 Å². The number of likely N-dealkylation sites (tertiary alicyclic amines) is 1. The Balaban J connectivity index is 1.56. The van der Waals surface area contributed by atoms with Crippen LogP contribution in [-0.2, 0) is 6.18 Å². The summed E-state index contributed by atoms with van der Waals surface area (Å²) in [4.78, 5) is 21.9. The molecule has 0 saturated carbocycles. The van der Waals surface area contributed by atoms with Gasteiger partial charge in [0.05, 0.1) is 19.2 Å². The van der Waals surface area contributed by atoms with Gasteiger partial charge in [0.2, 0.25) is 0 Å². The standard InChI is InChI=1S/C17H17F3N4O3/c1-26-14-15(22-8-7-21-14)27-13-6-9-24(10-13)16(25)23-12-4-2-11(3-5-12)17(18,19)20/h2-5,7-8,13H,6,9-10H2,1H3,(H,23,25). The highest BCUT2D eigenvalue weighted by Gasteiger charge is 2.31. The van der Waals surface area contributed by atoms with Crippen LogP contribution in [0.2, 0.25) is 0 Å². The van der Waals surface area contributed by atoms with Crippen molar-refractivity contribution in [1.29, 1.82) is 0 Å². The number of methoxy groups -OCH3 is 1. The summed E-state index contributed by atoms with van der Waals surface area (Å²) in [6, 6.07) is 3.87. The van der Waals surface area contributed by atoms with Crippen LogP contribution < -0.4 is 14.8 Å². The molecule has 144 valence electrons. The molecular formula is C17H17F3N4O3. The zero-order chi connectivity index (χ0) is 19.4. The number of aromatic nitrogens is 2. The van der Waals surface area contributed by atoms with Crippen LogP contribution in [0, 0.1) is 0 Å². The molecule has 1 aliphatic heterocycles. The van der Waals surface area contributed by atoms with Crippen molar-refractivity contribution < 1.29 is 27.4 Å². The number of nitrogens with zero attached hydrogens (tertiary/aromatic N) is 3. The summed E-state index contributed by atoms with van der Waals surface area (Å²) in [7, 11) is 1.45. The zero-order valence-corrected chi connectivity index (χ0v) is 14.4. The van der Waals surface area contributed by atoms with Gasteiger partial charge in [-0.1, -0.05) is 0 Å². The molecule has 1 saturated heterocycles. The van der Waals surface area contributed by atoms with Gasteiger partial charge in [0.25, 0.3) is 11.8 Å². The second-order valence-electron chi connectivity index (χ2n) is 5.85. The van der Waals surface area contributed by atoms with E-state index >= 15 is 0 Å². The summed E-state index contributed by atoms with van der Waals surface area (Å²) in [5.74, 6) is 0.500. The minimum Gasteiger partial charge on any atom is -0.477 e. The van der Waals surface area contributed by atoms with Crippen LogP contribution >= 0.6 is 0 Å². The van der Waals surface area contributed by atoms with Crippen molar-refractivity contribution >= 4 is 11.7 Å². The van der Waals surface area contributed by atoms with Crippen molar-refractivity contribution in [2.24, 2.45) is 0 Å². The zero-order valence-electron chi connectivity index (χ0n) is 14.4. The number of benzene rings is 1. The van der Waals surface area contributed by atoms with Crippen LogP contribution in [0.3, 0.4) is 0 Å². The fraction of sp³-hybridized carbons (Fsp3) is 0.353. The minimum atomic E-state index is -4.41. The SMILES string of the molecule is COc1nccnc1OC1CCN(C(=O)Nc2ccc(C(F)(F)F)cc2)C1. The molecule has 2 heterocycles. The first kappa shape index (κ1) is 18.7. The molecule has 7 nitrogen and oxygen atoms in total. The molecule has 1 N–H and O–H groups in total. The normalized spacial score (nSPS) is 16.9. The Kier molecular flexibility index (Phi) is 5.33. The first-order valence-corrected chi connectivity index (χ1v) is 8.11. The molecule has 1 aliphatic rings. The summed E-state index contributed by atoms with van der Waals surface area (Å²) < 4.78 is 48.5. The fourth-order valence-electron chi connectivity index (χ4n) is 2.65. The Hall–Kier alpha value is -3.04. The van der Waals surface area contributed by atoms with E-state index in [0.29, 0.717) is 19.5 Å². The lowest BCUT2D eigenvalue weighted by atomic mass is 10.2. The van der Waals surface area contributed by atoms with Gasteiger partial charge in [0.15, 0.2) is 0 Å². The van der Waals surface area contributed by atoms with Crippen molar-refractivity contribution in [1.82, 2.24) is 14.9 Å². The maximum atomic E-state index is 12.6. The Morgan fingerprint density at radius 2 is 1.85 bits per heavy atom. The molecule has 1 aromatic carbocycles. The topological polar surface area (TPSA) is 76.6 Å². The molecule has 0 spiro atoms. The molecule has 2 aromatic rings. The third kappa shape index (κ3) is 4.57. The number of amides is 2. The maximum Gasteiger partial charge on any atom is 0.416 e. The first-order valence-electron chi connectivity index (χ1n) is 8.11. The van der Waals surface area contributed by atoms with Gasteiger partial charge in [0.1, 0.15) is 6.10 Å². The predicted octanol–water partition coefficient (Wildman–Crippen LogP) is 3.19. The monoisotopic (exact) mass is 382 g/mol. The van der Waals surface area contributed by atoms with E-state index < -0.39 is 17.8 Å². The number of nitrogens with one attached hydrogen (secondary N) is 1. The number of anilines is 1. The molecule has 27 heavy (non-hydrogen) atoms. The Morgan fingerprint density at radius 3 is 2.48 bits per heavy atom. The average molecular weight is 382 g/mol. The summed E-state index contributed by atoms with van der Waals surface area (Å²) >= 11 is 0. The molecule has 3 rings (SSSR count). The van der Waals surface area contributed by atoms with Crippen LogP contribution in [0.5, 0.6) is 11.8 Å². The smallest absolute Gasteiger partial charge is 0.416 e. The highest BCUT2D eigenvalue weighted by molar-refractivity contribution is 5.89. The fourth-order valence-corrected chi connectivity index (χ4v) is 2.65. The molecule has 1 aromatic heterocycles. The van der Waals surface area contributed by atoms with E-state index in [4.69, 9.17) is 9.47 Å². The highest BCUT2D eigenvalue weighted by Crippen LogP contribution is 2.30. The van der Waals surface area contributed by atoms with E-state index in [1.165, 1.54) is 36.5 Å². The van der Waals surface area contributed by atoms with Crippen molar-refractivity contribution in [2.75, 3.05) is 25.5 Å². The van der Waals surface area contributed by atoms with Crippen LogP contribution in [0.4, 0.5) is 23.7 Å². The molecule has 2 amide bonds. The van der Waals surface area contributed by atoms with E-state index in [1.54, 1.807) is 0 Å². The number of halogens is 3. The molecule has 0 bridgehead atoms. The molecule has 1 unspecified atom stereocenters. The van der Waals surface area contributed by atoms with Crippen molar-refractivity contribution in [2.45, 2.75) is 18.7 Å². The maximum absolute atomic E-state index is 12.6. The lowest BCUT2D eigenvalue weighted by molar-refractivity contribution is -0.137. The van der Waals surface area contributed by atoms with E-state index in [-0.39, 0.29) is 23.6 Å². The van der Waals surface area contributed by atoms with Crippen LogP contribution in [0.25, 0.3) is 0 Å². The lowest BCUT2D eigenvalue weighted by Crippen LogP contribution is -2.34. The molecule has 0 aliphatic carbocycles. The van der Waals surface area contributed by atoms with Gasteiger partial charge in [-0.15, -0.1) is 0 Å². The predicted molar refractivity (Wildman–Crippen MR) is 89.7 cm³/mol. The summed E-state index contributed by atoms with van der Waals surface area (Å²) in [6.45, 7) is 0.756. The Morgan fingerprint density at radius 1 is 1.19 bits per heavy atom. The van der Waals surface area contributed by atoms with Crippen molar-refractivity contribution in [3.8, 4) is 11.8 Å². The number of carbonyl (C=O) groups is 1. The van der Waals surface area contributed by atoms with E-state index in [0.717, 1.165) is 12.1 Å². The number of alkyl halides is 3. The van der Waals surface area contributed by atoms with Gasteiger partial charge in [-0.25, -0.2) is 14.8 Å². The lowest BCUT2D eigenvalue weighted by Gasteiger charge is -2.18. The second-order valence-corrected chi connectivity index (χ2v) is 5.85. The summed E-state index contributed by atoms with van der Waals surface area (Å²) in [5.41, 5.74) is -0.485. The third-order valence-corrected chi connectivity index (χ3v) is 4.00. The summed E-state index contributed by atoms with van der Waals surface area (Å²) in [6.07, 6.45) is -1.16. The molecule has 1 fully saturated rings. The number of hydrogen-bond donors (Lipinski definition) is 1. The van der Waals surface area contributed by atoms with Gasteiger partial charge >= 0.3 is 12.2 Å². The number of carbonyl (C=O) groups excluding carboxylic acids is 1. The third-order valence-electron chi connectivity index (χ3n) is 4.00. The number of rotatable bonds is 4. The number of urea groups is 1. The first-order chi connectivity index (χ1) is 12.9. The molecular weight excluding hydrogens is 365 g/mol. The van der Waals surface area contributed by atoms with E-state index in [9.17, 15) is 18.0 Å².